The number of thiazole rings is 1. The van der Waals surface area contributed by atoms with Crippen LogP contribution >= 0.6 is 11.3 Å². The van der Waals surface area contributed by atoms with Gasteiger partial charge in [0.1, 0.15) is 0 Å². The quantitative estimate of drug-likeness (QED) is 0.855. The van der Waals surface area contributed by atoms with Gasteiger partial charge >= 0.3 is 0 Å². The summed E-state index contributed by atoms with van der Waals surface area (Å²) in [4.78, 5) is 31.9. The van der Waals surface area contributed by atoms with Crippen LogP contribution in [-0.4, -0.2) is 41.8 Å². The van der Waals surface area contributed by atoms with Crippen molar-refractivity contribution in [3.63, 3.8) is 0 Å². The van der Waals surface area contributed by atoms with Gasteiger partial charge in [-0.25, -0.2) is 4.98 Å². The molecule has 2 aromatic rings. The highest BCUT2D eigenvalue weighted by Gasteiger charge is 2.31. The molecular formula is C16H19N3O2S. The average molecular weight is 317 g/mol. The average Bonchev–Trinajstić information content (AvgIpc) is 3.10. The molecule has 6 heteroatoms. The number of likely N-dealkylation sites (tertiary alicyclic amines) is 1. The first-order valence-electron chi connectivity index (χ1n) is 7.36. The number of hydrogen-bond acceptors (Lipinski definition) is 4. The standard InChI is InChI=1S/C16H19N3O2S/c1-10-17-14-5-4-13(8-15(14)22-10)18(3)16(21)12-6-7-19(9-12)11(2)20/h4-5,8,12H,6-7,9H2,1-3H3. The van der Waals surface area contributed by atoms with Gasteiger partial charge in [-0.15, -0.1) is 11.3 Å². The molecule has 0 saturated carbocycles. The number of carbonyl (C=O) groups excluding carboxylic acids is 2. The van der Waals surface area contributed by atoms with Gasteiger partial charge in [0.15, 0.2) is 0 Å². The zero-order chi connectivity index (χ0) is 15.9. The minimum absolute atomic E-state index is 0.0412. The molecule has 1 aliphatic heterocycles. The molecule has 3 rings (SSSR count). The number of amides is 2. The second kappa shape index (κ2) is 5.68. The molecule has 1 unspecified atom stereocenters. The van der Waals surface area contributed by atoms with E-state index in [1.165, 1.54) is 0 Å². The van der Waals surface area contributed by atoms with Gasteiger partial charge in [-0.3, -0.25) is 9.59 Å². The largest absolute Gasteiger partial charge is 0.342 e. The number of carbonyl (C=O) groups is 2. The normalized spacial score (nSPS) is 18.0. The number of anilines is 1. The lowest BCUT2D eigenvalue weighted by atomic mass is 10.1. The molecule has 1 atom stereocenters. The summed E-state index contributed by atoms with van der Waals surface area (Å²) in [7, 11) is 1.80. The Balaban J connectivity index is 1.78. The van der Waals surface area contributed by atoms with Crippen molar-refractivity contribution in [1.82, 2.24) is 9.88 Å². The lowest BCUT2D eigenvalue weighted by molar-refractivity contribution is -0.128. The van der Waals surface area contributed by atoms with E-state index in [1.54, 1.807) is 35.1 Å². The molecule has 0 spiro atoms. The maximum absolute atomic E-state index is 12.6. The highest BCUT2D eigenvalue weighted by Crippen LogP contribution is 2.28. The molecule has 5 nitrogen and oxygen atoms in total. The van der Waals surface area contributed by atoms with Gasteiger partial charge in [-0.2, -0.15) is 0 Å². The molecule has 116 valence electrons. The molecule has 0 N–H and O–H groups in total. The van der Waals surface area contributed by atoms with Crippen LogP contribution in [0.4, 0.5) is 5.69 Å². The van der Waals surface area contributed by atoms with Crippen LogP contribution in [0.15, 0.2) is 18.2 Å². The second-order valence-electron chi connectivity index (χ2n) is 5.73. The van der Waals surface area contributed by atoms with Gasteiger partial charge in [0.25, 0.3) is 0 Å². The summed E-state index contributed by atoms with van der Waals surface area (Å²) in [5.74, 6) is 0.0108. The third-order valence-corrected chi connectivity index (χ3v) is 5.11. The molecule has 1 aromatic heterocycles. The van der Waals surface area contributed by atoms with Crippen LogP contribution < -0.4 is 4.90 Å². The summed E-state index contributed by atoms with van der Waals surface area (Å²) in [6.45, 7) is 4.73. The van der Waals surface area contributed by atoms with E-state index >= 15 is 0 Å². The van der Waals surface area contributed by atoms with Crippen molar-refractivity contribution in [3.05, 3.63) is 23.2 Å². The highest BCUT2D eigenvalue weighted by atomic mass is 32.1. The number of nitrogens with zero attached hydrogens (tertiary/aromatic N) is 3. The van der Waals surface area contributed by atoms with Crippen LogP contribution in [-0.2, 0) is 9.59 Å². The summed E-state index contributed by atoms with van der Waals surface area (Å²) in [6.07, 6.45) is 0.741. The van der Waals surface area contributed by atoms with Crippen LogP contribution in [0, 0.1) is 12.8 Å². The molecule has 0 radical (unpaired) electrons. The molecule has 22 heavy (non-hydrogen) atoms. The summed E-state index contributed by atoms with van der Waals surface area (Å²) in [5.41, 5.74) is 1.85. The van der Waals surface area contributed by atoms with E-state index in [2.05, 4.69) is 4.98 Å². The van der Waals surface area contributed by atoms with Crippen molar-refractivity contribution in [1.29, 1.82) is 0 Å². The van der Waals surface area contributed by atoms with E-state index in [0.29, 0.717) is 13.1 Å². The van der Waals surface area contributed by atoms with Gasteiger partial charge in [0.05, 0.1) is 21.1 Å². The minimum Gasteiger partial charge on any atom is -0.342 e. The Morgan fingerprint density at radius 3 is 2.86 bits per heavy atom. The molecular weight excluding hydrogens is 298 g/mol. The van der Waals surface area contributed by atoms with Crippen molar-refractivity contribution >= 4 is 39.1 Å². The lowest BCUT2D eigenvalue weighted by Crippen LogP contribution is -2.35. The third kappa shape index (κ3) is 2.70. The highest BCUT2D eigenvalue weighted by molar-refractivity contribution is 7.18. The topological polar surface area (TPSA) is 53.5 Å². The first kappa shape index (κ1) is 15.0. The number of aryl methyl sites for hydroxylation is 1. The first-order chi connectivity index (χ1) is 10.5. The van der Waals surface area contributed by atoms with Gasteiger partial charge < -0.3 is 9.80 Å². The Labute approximate surface area is 133 Å². The van der Waals surface area contributed by atoms with E-state index in [9.17, 15) is 9.59 Å². The fourth-order valence-electron chi connectivity index (χ4n) is 2.89. The Morgan fingerprint density at radius 1 is 1.41 bits per heavy atom. The van der Waals surface area contributed by atoms with Crippen molar-refractivity contribution in [2.45, 2.75) is 20.3 Å². The molecule has 1 aliphatic rings. The van der Waals surface area contributed by atoms with Crippen molar-refractivity contribution in [2.75, 3.05) is 25.0 Å². The zero-order valence-corrected chi connectivity index (χ0v) is 13.8. The lowest BCUT2D eigenvalue weighted by Gasteiger charge is -2.21. The Hall–Kier alpha value is -1.95. The summed E-state index contributed by atoms with van der Waals surface area (Å²) in [6, 6.07) is 5.89. The number of benzene rings is 1. The smallest absolute Gasteiger partial charge is 0.231 e. The first-order valence-corrected chi connectivity index (χ1v) is 8.17. The molecule has 0 aliphatic carbocycles. The minimum atomic E-state index is -0.104. The molecule has 2 heterocycles. The van der Waals surface area contributed by atoms with Crippen LogP contribution in [0.25, 0.3) is 10.2 Å². The van der Waals surface area contributed by atoms with E-state index in [-0.39, 0.29) is 17.7 Å². The van der Waals surface area contributed by atoms with Gasteiger partial charge in [0.2, 0.25) is 11.8 Å². The molecule has 1 aromatic carbocycles. The van der Waals surface area contributed by atoms with Crippen LogP contribution in [0.5, 0.6) is 0 Å². The summed E-state index contributed by atoms with van der Waals surface area (Å²) < 4.78 is 1.09. The monoisotopic (exact) mass is 317 g/mol. The van der Waals surface area contributed by atoms with Gasteiger partial charge in [0, 0.05) is 32.7 Å². The van der Waals surface area contributed by atoms with E-state index in [1.807, 2.05) is 25.1 Å². The Kier molecular flexibility index (Phi) is 3.87. The molecule has 0 bridgehead atoms. The predicted molar refractivity (Wildman–Crippen MR) is 88.1 cm³/mol. The Bertz CT molecular complexity index is 740. The summed E-state index contributed by atoms with van der Waals surface area (Å²) in [5, 5.41) is 1.02. The van der Waals surface area contributed by atoms with Crippen molar-refractivity contribution < 1.29 is 9.59 Å². The number of aromatic nitrogens is 1. The van der Waals surface area contributed by atoms with Crippen molar-refractivity contribution in [2.24, 2.45) is 5.92 Å². The fourth-order valence-corrected chi connectivity index (χ4v) is 3.75. The molecule has 2 amide bonds. The zero-order valence-electron chi connectivity index (χ0n) is 13.0. The van der Waals surface area contributed by atoms with Gasteiger partial charge in [-0.1, -0.05) is 0 Å². The predicted octanol–water partition coefficient (Wildman–Crippen LogP) is 2.44. The van der Waals surface area contributed by atoms with Crippen LogP contribution in [0.2, 0.25) is 0 Å². The fraction of sp³-hybridized carbons (Fsp3) is 0.438. The van der Waals surface area contributed by atoms with Crippen LogP contribution in [0.3, 0.4) is 0 Å². The SMILES string of the molecule is CC(=O)N1CCC(C(=O)N(C)c2ccc3nc(C)sc3c2)C1. The second-order valence-corrected chi connectivity index (χ2v) is 6.97. The van der Waals surface area contributed by atoms with E-state index < -0.39 is 0 Å². The van der Waals surface area contributed by atoms with E-state index in [0.717, 1.165) is 27.3 Å². The maximum Gasteiger partial charge on any atom is 0.231 e. The van der Waals surface area contributed by atoms with E-state index in [4.69, 9.17) is 0 Å². The molecule has 1 fully saturated rings. The number of rotatable bonds is 2. The third-order valence-electron chi connectivity index (χ3n) is 4.18. The van der Waals surface area contributed by atoms with Crippen molar-refractivity contribution in [3.8, 4) is 0 Å². The number of fused-ring (bicyclic) bond motifs is 1. The Morgan fingerprint density at radius 2 is 2.18 bits per heavy atom. The number of hydrogen-bond donors (Lipinski definition) is 0. The van der Waals surface area contributed by atoms with Crippen LogP contribution in [0.1, 0.15) is 18.4 Å². The maximum atomic E-state index is 12.6. The summed E-state index contributed by atoms with van der Waals surface area (Å²) >= 11 is 1.63. The molecule has 1 saturated heterocycles. The van der Waals surface area contributed by atoms with Gasteiger partial charge in [-0.05, 0) is 31.5 Å².